The summed E-state index contributed by atoms with van der Waals surface area (Å²) < 4.78 is 26.7. The standard InChI is InChI=1S/C24H26F2N4O/c1-15-12-21(20-10-9-18(26)13-23(20)27-15)24(31)30(2)11-3-4-19-14-22(29-28-19)16-5-7-17(25)8-6-16/h5-10,12-13,19,22,28-29H,3-4,11,14H2,1-2H3. The molecule has 2 heterocycles. The molecular weight excluding hydrogens is 398 g/mol. The van der Waals surface area contributed by atoms with E-state index in [0.717, 1.165) is 24.8 Å². The molecule has 1 fully saturated rings. The fraction of sp³-hybridized carbons (Fsp3) is 0.333. The van der Waals surface area contributed by atoms with Crippen LogP contribution >= 0.6 is 0 Å². The first-order chi connectivity index (χ1) is 14.9. The monoisotopic (exact) mass is 424 g/mol. The number of carbonyl (C=O) groups excluding carboxylic acids is 1. The summed E-state index contributed by atoms with van der Waals surface area (Å²) in [6.07, 6.45) is 2.65. The second-order valence-electron chi connectivity index (χ2n) is 8.17. The van der Waals surface area contributed by atoms with E-state index in [4.69, 9.17) is 0 Å². The summed E-state index contributed by atoms with van der Waals surface area (Å²) in [5, 5.41) is 0.660. The summed E-state index contributed by atoms with van der Waals surface area (Å²) in [6.45, 7) is 2.42. The highest BCUT2D eigenvalue weighted by Gasteiger charge is 2.25. The molecule has 0 aliphatic carbocycles. The summed E-state index contributed by atoms with van der Waals surface area (Å²) in [7, 11) is 1.79. The number of pyridine rings is 1. The molecule has 7 heteroatoms. The average molecular weight is 424 g/mol. The maximum Gasteiger partial charge on any atom is 0.254 e. The molecule has 2 atom stereocenters. The smallest absolute Gasteiger partial charge is 0.254 e. The van der Waals surface area contributed by atoms with Crippen LogP contribution in [-0.4, -0.2) is 35.4 Å². The van der Waals surface area contributed by atoms with Gasteiger partial charge < -0.3 is 4.90 Å². The number of rotatable bonds is 6. The maximum atomic E-state index is 13.6. The lowest BCUT2D eigenvalue weighted by molar-refractivity contribution is 0.0793. The van der Waals surface area contributed by atoms with E-state index in [9.17, 15) is 13.6 Å². The fourth-order valence-electron chi connectivity index (χ4n) is 4.12. The van der Waals surface area contributed by atoms with Crippen molar-refractivity contribution in [1.29, 1.82) is 0 Å². The van der Waals surface area contributed by atoms with Crippen LogP contribution in [-0.2, 0) is 0 Å². The molecule has 0 bridgehead atoms. The van der Waals surface area contributed by atoms with Crippen LogP contribution in [0.3, 0.4) is 0 Å². The number of amides is 1. The van der Waals surface area contributed by atoms with Crippen molar-refractivity contribution in [3.63, 3.8) is 0 Å². The van der Waals surface area contributed by atoms with E-state index in [0.29, 0.717) is 28.7 Å². The number of aromatic nitrogens is 1. The number of hydrogen-bond acceptors (Lipinski definition) is 4. The first-order valence-corrected chi connectivity index (χ1v) is 10.5. The molecule has 5 nitrogen and oxygen atoms in total. The normalized spacial score (nSPS) is 18.5. The van der Waals surface area contributed by atoms with Gasteiger partial charge in [-0.15, -0.1) is 0 Å². The van der Waals surface area contributed by atoms with Gasteiger partial charge in [0.05, 0.1) is 11.1 Å². The van der Waals surface area contributed by atoms with E-state index in [1.165, 1.54) is 24.3 Å². The number of halogens is 2. The van der Waals surface area contributed by atoms with E-state index in [2.05, 4.69) is 15.8 Å². The number of hydrogen-bond donors (Lipinski definition) is 2. The molecule has 1 aliphatic heterocycles. The lowest BCUT2D eigenvalue weighted by Crippen LogP contribution is -2.32. The number of carbonyl (C=O) groups is 1. The zero-order valence-corrected chi connectivity index (χ0v) is 17.7. The van der Waals surface area contributed by atoms with E-state index in [1.54, 1.807) is 43.1 Å². The SMILES string of the molecule is Cc1cc(C(=O)N(C)CCCC2CC(c3ccc(F)cc3)NN2)c2ccc(F)cc2n1. The van der Waals surface area contributed by atoms with Crippen LogP contribution < -0.4 is 10.9 Å². The first kappa shape index (κ1) is 21.3. The topological polar surface area (TPSA) is 57.3 Å². The van der Waals surface area contributed by atoms with Gasteiger partial charge in [-0.3, -0.25) is 20.6 Å². The predicted molar refractivity (Wildman–Crippen MR) is 116 cm³/mol. The number of hydrazine groups is 1. The molecular formula is C24H26F2N4O. The average Bonchev–Trinajstić information content (AvgIpc) is 3.21. The van der Waals surface area contributed by atoms with E-state index in [-0.39, 0.29) is 29.6 Å². The van der Waals surface area contributed by atoms with Gasteiger partial charge in [0.25, 0.3) is 5.91 Å². The molecule has 31 heavy (non-hydrogen) atoms. The van der Waals surface area contributed by atoms with Gasteiger partial charge in [0, 0.05) is 42.8 Å². The van der Waals surface area contributed by atoms with Gasteiger partial charge in [0.15, 0.2) is 0 Å². The molecule has 1 amide bonds. The summed E-state index contributed by atoms with van der Waals surface area (Å²) >= 11 is 0. The third-order valence-electron chi connectivity index (χ3n) is 5.78. The second kappa shape index (κ2) is 9.08. The summed E-state index contributed by atoms with van der Waals surface area (Å²) in [5.74, 6) is -0.695. The zero-order valence-electron chi connectivity index (χ0n) is 17.7. The van der Waals surface area contributed by atoms with Crippen LogP contribution in [0, 0.1) is 18.6 Å². The Labute approximate surface area is 180 Å². The molecule has 4 rings (SSSR count). The molecule has 0 saturated carbocycles. The van der Waals surface area contributed by atoms with Gasteiger partial charge in [0.2, 0.25) is 0 Å². The van der Waals surface area contributed by atoms with Crippen molar-refractivity contribution < 1.29 is 13.6 Å². The Morgan fingerprint density at radius 1 is 1.10 bits per heavy atom. The third kappa shape index (κ3) is 4.89. The minimum atomic E-state index is -0.367. The Balaban J connectivity index is 1.33. The van der Waals surface area contributed by atoms with Crippen molar-refractivity contribution in [2.24, 2.45) is 0 Å². The van der Waals surface area contributed by atoms with Gasteiger partial charge in [-0.25, -0.2) is 8.78 Å². The fourth-order valence-corrected chi connectivity index (χ4v) is 4.12. The Morgan fingerprint density at radius 3 is 2.61 bits per heavy atom. The van der Waals surface area contributed by atoms with Crippen LogP contribution in [0.5, 0.6) is 0 Å². The molecule has 0 radical (unpaired) electrons. The summed E-state index contributed by atoms with van der Waals surface area (Å²) in [6, 6.07) is 13.1. The first-order valence-electron chi connectivity index (χ1n) is 10.5. The molecule has 162 valence electrons. The summed E-state index contributed by atoms with van der Waals surface area (Å²) in [4.78, 5) is 19.1. The molecule has 0 spiro atoms. The van der Waals surface area contributed by atoms with Crippen molar-refractivity contribution in [3.05, 3.63) is 77.0 Å². The number of nitrogens with one attached hydrogen (secondary N) is 2. The van der Waals surface area contributed by atoms with Crippen LogP contribution in [0.15, 0.2) is 48.5 Å². The molecule has 2 N–H and O–H groups in total. The van der Waals surface area contributed by atoms with Crippen molar-refractivity contribution in [2.75, 3.05) is 13.6 Å². The highest BCUT2D eigenvalue weighted by atomic mass is 19.1. The van der Waals surface area contributed by atoms with Crippen LogP contribution in [0.25, 0.3) is 10.9 Å². The Kier molecular flexibility index (Phi) is 6.25. The number of aryl methyl sites for hydroxylation is 1. The zero-order chi connectivity index (χ0) is 22.0. The van der Waals surface area contributed by atoms with Gasteiger partial charge in [-0.1, -0.05) is 12.1 Å². The largest absolute Gasteiger partial charge is 0.342 e. The molecule has 1 saturated heterocycles. The Hall–Kier alpha value is -2.90. The Bertz CT molecular complexity index is 1080. The van der Waals surface area contributed by atoms with Crippen molar-refractivity contribution in [3.8, 4) is 0 Å². The van der Waals surface area contributed by atoms with Crippen molar-refractivity contribution in [2.45, 2.75) is 38.3 Å². The van der Waals surface area contributed by atoms with Gasteiger partial charge in [-0.2, -0.15) is 0 Å². The van der Waals surface area contributed by atoms with Crippen LogP contribution in [0.1, 0.15) is 46.9 Å². The highest BCUT2D eigenvalue weighted by Crippen LogP contribution is 2.25. The lowest BCUT2D eigenvalue weighted by Gasteiger charge is -2.19. The predicted octanol–water partition coefficient (Wildman–Crippen LogP) is 4.28. The second-order valence-corrected chi connectivity index (χ2v) is 8.17. The molecule has 3 aromatic rings. The summed E-state index contributed by atoms with van der Waals surface area (Å²) in [5.41, 5.74) is 9.34. The number of nitrogens with zero attached hydrogens (tertiary/aromatic N) is 2. The van der Waals surface area contributed by atoms with E-state index in [1.807, 2.05) is 0 Å². The number of benzene rings is 2. The van der Waals surface area contributed by atoms with Gasteiger partial charge in [-0.05, 0) is 62.1 Å². The molecule has 2 unspecified atom stereocenters. The maximum absolute atomic E-state index is 13.6. The minimum absolute atomic E-state index is 0.0937. The highest BCUT2D eigenvalue weighted by molar-refractivity contribution is 6.06. The van der Waals surface area contributed by atoms with Gasteiger partial charge >= 0.3 is 0 Å². The Morgan fingerprint density at radius 2 is 1.84 bits per heavy atom. The van der Waals surface area contributed by atoms with E-state index < -0.39 is 0 Å². The van der Waals surface area contributed by atoms with E-state index >= 15 is 0 Å². The minimum Gasteiger partial charge on any atom is -0.342 e. The third-order valence-corrected chi connectivity index (χ3v) is 5.78. The molecule has 2 aromatic carbocycles. The van der Waals surface area contributed by atoms with Crippen LogP contribution in [0.2, 0.25) is 0 Å². The quantitative estimate of drug-likeness (QED) is 0.620. The number of fused-ring (bicyclic) bond motifs is 1. The van der Waals surface area contributed by atoms with Crippen molar-refractivity contribution in [1.82, 2.24) is 20.7 Å². The molecule has 1 aliphatic rings. The molecule has 1 aromatic heterocycles. The lowest BCUT2D eigenvalue weighted by atomic mass is 9.99. The van der Waals surface area contributed by atoms with Gasteiger partial charge in [0.1, 0.15) is 11.6 Å². The van der Waals surface area contributed by atoms with Crippen LogP contribution in [0.4, 0.5) is 8.78 Å². The van der Waals surface area contributed by atoms with Crippen molar-refractivity contribution >= 4 is 16.8 Å².